The maximum absolute atomic E-state index is 12.2. The Morgan fingerprint density at radius 2 is 1.88 bits per heavy atom. The molecule has 1 fully saturated rings. The zero-order chi connectivity index (χ0) is 17.1. The number of carboxylic acid groups (broad SMARTS) is 1. The van der Waals surface area contributed by atoms with Crippen molar-refractivity contribution >= 4 is 17.8 Å². The predicted molar refractivity (Wildman–Crippen MR) is 80.4 cm³/mol. The first-order valence-corrected chi connectivity index (χ1v) is 7.41. The highest BCUT2D eigenvalue weighted by atomic mass is 16.4. The lowest BCUT2D eigenvalue weighted by atomic mass is 10.2. The van der Waals surface area contributed by atoms with Gasteiger partial charge in [0.2, 0.25) is 5.91 Å². The SMILES string of the molecule is O=C(O)c1cnn(CC(=O)N2CCN(C(=O)c3ccco3)CC2)c1. The Labute approximate surface area is 137 Å². The van der Waals surface area contributed by atoms with Crippen molar-refractivity contribution in [2.24, 2.45) is 0 Å². The maximum atomic E-state index is 12.2. The number of piperazine rings is 1. The van der Waals surface area contributed by atoms with Gasteiger partial charge >= 0.3 is 5.97 Å². The van der Waals surface area contributed by atoms with Crippen LogP contribution in [-0.4, -0.2) is 68.6 Å². The fraction of sp³-hybridized carbons (Fsp3) is 0.333. The molecule has 0 saturated carbocycles. The van der Waals surface area contributed by atoms with Gasteiger partial charge in [0.1, 0.15) is 6.54 Å². The monoisotopic (exact) mass is 332 g/mol. The van der Waals surface area contributed by atoms with E-state index >= 15 is 0 Å². The van der Waals surface area contributed by atoms with E-state index in [1.54, 1.807) is 21.9 Å². The lowest BCUT2D eigenvalue weighted by Gasteiger charge is -2.34. The number of carbonyl (C=O) groups is 3. The van der Waals surface area contributed by atoms with E-state index in [4.69, 9.17) is 9.52 Å². The van der Waals surface area contributed by atoms with Gasteiger partial charge in [0.15, 0.2) is 5.76 Å². The summed E-state index contributed by atoms with van der Waals surface area (Å²) in [6, 6.07) is 3.26. The van der Waals surface area contributed by atoms with E-state index in [0.29, 0.717) is 26.2 Å². The number of amides is 2. The normalized spacial score (nSPS) is 14.7. The van der Waals surface area contributed by atoms with Gasteiger partial charge in [-0.3, -0.25) is 14.3 Å². The van der Waals surface area contributed by atoms with Crippen LogP contribution in [0.4, 0.5) is 0 Å². The molecule has 3 heterocycles. The summed E-state index contributed by atoms with van der Waals surface area (Å²) >= 11 is 0. The predicted octanol–water partition coefficient (Wildman–Crippen LogP) is 0.159. The van der Waals surface area contributed by atoms with E-state index in [2.05, 4.69) is 5.10 Å². The standard InChI is InChI=1S/C15H16N4O5/c20-13(10-19-9-11(8-16-19)15(22)23)17-3-5-18(6-4-17)14(21)12-2-1-7-24-12/h1-2,7-9H,3-6,10H2,(H,22,23). The summed E-state index contributed by atoms with van der Waals surface area (Å²) in [5.74, 6) is -1.16. The van der Waals surface area contributed by atoms with Gasteiger partial charge in [-0.25, -0.2) is 4.79 Å². The summed E-state index contributed by atoms with van der Waals surface area (Å²) in [4.78, 5) is 38.5. The summed E-state index contributed by atoms with van der Waals surface area (Å²) in [6.07, 6.45) is 3.97. The Morgan fingerprint density at radius 1 is 1.17 bits per heavy atom. The average molecular weight is 332 g/mol. The molecule has 0 radical (unpaired) electrons. The number of nitrogens with zero attached hydrogens (tertiary/aromatic N) is 4. The zero-order valence-corrected chi connectivity index (χ0v) is 12.8. The van der Waals surface area contributed by atoms with Crippen LogP contribution in [-0.2, 0) is 11.3 Å². The molecule has 0 spiro atoms. The summed E-state index contributed by atoms with van der Waals surface area (Å²) in [5, 5.41) is 12.7. The van der Waals surface area contributed by atoms with Crippen molar-refractivity contribution in [3.05, 3.63) is 42.1 Å². The second-order valence-electron chi connectivity index (χ2n) is 5.38. The topological polar surface area (TPSA) is 109 Å². The minimum absolute atomic E-state index is 0.0284. The highest BCUT2D eigenvalue weighted by molar-refractivity contribution is 5.91. The molecule has 1 N–H and O–H groups in total. The van der Waals surface area contributed by atoms with E-state index in [1.807, 2.05) is 0 Å². The molecule has 0 unspecified atom stereocenters. The van der Waals surface area contributed by atoms with Gasteiger partial charge in [-0.15, -0.1) is 0 Å². The van der Waals surface area contributed by atoms with Crippen molar-refractivity contribution in [3.8, 4) is 0 Å². The number of carboxylic acids is 1. The first kappa shape index (κ1) is 15.8. The first-order valence-electron chi connectivity index (χ1n) is 7.41. The fourth-order valence-electron chi connectivity index (χ4n) is 2.51. The molecule has 24 heavy (non-hydrogen) atoms. The molecule has 1 aliphatic heterocycles. The summed E-state index contributed by atoms with van der Waals surface area (Å²) in [7, 11) is 0. The Hall–Kier alpha value is -3.10. The van der Waals surface area contributed by atoms with Crippen molar-refractivity contribution in [1.82, 2.24) is 19.6 Å². The molecule has 1 aliphatic rings. The van der Waals surface area contributed by atoms with Crippen molar-refractivity contribution in [3.63, 3.8) is 0 Å². The van der Waals surface area contributed by atoms with Gasteiger partial charge < -0.3 is 19.3 Å². The van der Waals surface area contributed by atoms with Crippen LogP contribution in [0.15, 0.2) is 35.2 Å². The summed E-state index contributed by atoms with van der Waals surface area (Å²) in [5.41, 5.74) is 0.0386. The lowest BCUT2D eigenvalue weighted by molar-refractivity contribution is -0.133. The molecule has 126 valence electrons. The Balaban J connectivity index is 1.53. The molecule has 9 nitrogen and oxygen atoms in total. The number of carbonyl (C=O) groups excluding carboxylic acids is 2. The van der Waals surface area contributed by atoms with E-state index in [9.17, 15) is 14.4 Å². The molecule has 9 heteroatoms. The van der Waals surface area contributed by atoms with Crippen LogP contribution in [0, 0.1) is 0 Å². The van der Waals surface area contributed by atoms with Crippen LogP contribution < -0.4 is 0 Å². The van der Waals surface area contributed by atoms with Crippen LogP contribution in [0.1, 0.15) is 20.9 Å². The third-order valence-electron chi connectivity index (χ3n) is 3.83. The van der Waals surface area contributed by atoms with E-state index in [0.717, 1.165) is 0 Å². The van der Waals surface area contributed by atoms with Gasteiger partial charge in [-0.2, -0.15) is 5.10 Å². The van der Waals surface area contributed by atoms with Gasteiger partial charge in [-0.1, -0.05) is 0 Å². The van der Waals surface area contributed by atoms with E-state index < -0.39 is 5.97 Å². The van der Waals surface area contributed by atoms with Crippen molar-refractivity contribution in [2.75, 3.05) is 26.2 Å². The number of hydrogen-bond acceptors (Lipinski definition) is 5. The number of furan rings is 1. The Bertz CT molecular complexity index is 744. The molecule has 2 amide bonds. The van der Waals surface area contributed by atoms with Gasteiger partial charge in [0.05, 0.1) is 18.0 Å². The minimum Gasteiger partial charge on any atom is -0.478 e. The quantitative estimate of drug-likeness (QED) is 0.854. The highest BCUT2D eigenvalue weighted by Crippen LogP contribution is 2.10. The number of hydrogen-bond donors (Lipinski definition) is 1. The minimum atomic E-state index is -1.08. The number of aromatic carboxylic acids is 1. The second-order valence-corrected chi connectivity index (χ2v) is 5.38. The molecule has 0 aliphatic carbocycles. The third kappa shape index (κ3) is 3.29. The summed E-state index contributed by atoms with van der Waals surface area (Å²) in [6.45, 7) is 1.64. The van der Waals surface area contributed by atoms with E-state index in [1.165, 1.54) is 23.3 Å². The molecule has 2 aromatic heterocycles. The van der Waals surface area contributed by atoms with Crippen molar-refractivity contribution in [1.29, 1.82) is 0 Å². The molecule has 0 bridgehead atoms. The lowest BCUT2D eigenvalue weighted by Crippen LogP contribution is -2.51. The van der Waals surface area contributed by atoms with Crippen molar-refractivity contribution in [2.45, 2.75) is 6.54 Å². The Morgan fingerprint density at radius 3 is 2.46 bits per heavy atom. The van der Waals surface area contributed by atoms with Crippen LogP contribution >= 0.6 is 0 Å². The molecule has 1 saturated heterocycles. The van der Waals surface area contributed by atoms with Crippen molar-refractivity contribution < 1.29 is 23.9 Å². The molecule has 2 aromatic rings. The molecule has 3 rings (SSSR count). The van der Waals surface area contributed by atoms with Crippen LogP contribution in [0.2, 0.25) is 0 Å². The van der Waals surface area contributed by atoms with Gasteiger partial charge in [0.25, 0.3) is 5.91 Å². The first-order chi connectivity index (χ1) is 11.5. The molecular weight excluding hydrogens is 316 g/mol. The van der Waals surface area contributed by atoms with Gasteiger partial charge in [-0.05, 0) is 12.1 Å². The fourth-order valence-corrected chi connectivity index (χ4v) is 2.51. The zero-order valence-electron chi connectivity index (χ0n) is 12.8. The van der Waals surface area contributed by atoms with Crippen LogP contribution in [0.3, 0.4) is 0 Å². The van der Waals surface area contributed by atoms with Gasteiger partial charge in [0, 0.05) is 32.4 Å². The molecule has 0 aromatic carbocycles. The van der Waals surface area contributed by atoms with Crippen LogP contribution in [0.25, 0.3) is 0 Å². The Kier molecular flexibility index (Phi) is 4.32. The van der Waals surface area contributed by atoms with Crippen LogP contribution in [0.5, 0.6) is 0 Å². The smallest absolute Gasteiger partial charge is 0.338 e. The number of aromatic nitrogens is 2. The highest BCUT2D eigenvalue weighted by Gasteiger charge is 2.26. The van der Waals surface area contributed by atoms with E-state index in [-0.39, 0.29) is 29.7 Å². The third-order valence-corrected chi connectivity index (χ3v) is 3.83. The molecular formula is C15H16N4O5. The summed E-state index contributed by atoms with van der Waals surface area (Å²) < 4.78 is 6.39. The number of rotatable bonds is 4. The molecule has 0 atom stereocenters. The average Bonchev–Trinajstić information content (AvgIpc) is 3.26. The largest absolute Gasteiger partial charge is 0.478 e. The second kappa shape index (κ2) is 6.57. The maximum Gasteiger partial charge on any atom is 0.338 e.